The Kier molecular flexibility index (Phi) is 6.88. The van der Waals surface area contributed by atoms with Crippen molar-refractivity contribution in [3.8, 4) is 16.9 Å². The number of ether oxygens (including phenoxy) is 1. The zero-order chi connectivity index (χ0) is 23.3. The van der Waals surface area contributed by atoms with E-state index in [0.29, 0.717) is 5.58 Å². The summed E-state index contributed by atoms with van der Waals surface area (Å²) in [5.74, 6) is 1.92. The number of para-hydroxylation sites is 2. The second-order valence-corrected chi connectivity index (χ2v) is 9.52. The van der Waals surface area contributed by atoms with Crippen LogP contribution in [0.4, 0.5) is 5.69 Å². The van der Waals surface area contributed by atoms with Crippen LogP contribution < -0.4 is 15.3 Å². The molecule has 2 heterocycles. The number of rotatable bonds is 7. The largest absolute Gasteiger partial charge is 0.495 e. The third-order valence-corrected chi connectivity index (χ3v) is 7.25. The third-order valence-electron chi connectivity index (χ3n) is 6.28. The van der Waals surface area contributed by atoms with Gasteiger partial charge >= 0.3 is 5.63 Å². The number of benzene rings is 3. The van der Waals surface area contributed by atoms with Gasteiger partial charge < -0.3 is 14.1 Å². The average Bonchev–Trinajstić information content (AvgIpc) is 2.89. The van der Waals surface area contributed by atoms with Crippen molar-refractivity contribution in [2.75, 3.05) is 50.5 Å². The Hall–Kier alpha value is -3.22. The fraction of sp³-hybridized carbons (Fsp3) is 0.250. The molecule has 1 saturated heterocycles. The van der Waals surface area contributed by atoms with Gasteiger partial charge in [-0.25, -0.2) is 4.79 Å². The second-order valence-electron chi connectivity index (χ2n) is 8.35. The summed E-state index contributed by atoms with van der Waals surface area (Å²) in [6.45, 7) is 5.08. The van der Waals surface area contributed by atoms with Gasteiger partial charge in [0, 0.05) is 54.8 Å². The maximum Gasteiger partial charge on any atom is 0.336 e. The molecule has 6 heteroatoms. The molecule has 3 aromatic carbocycles. The van der Waals surface area contributed by atoms with Crippen molar-refractivity contribution in [2.24, 2.45) is 0 Å². The van der Waals surface area contributed by atoms with E-state index in [-0.39, 0.29) is 5.63 Å². The molecule has 0 unspecified atom stereocenters. The van der Waals surface area contributed by atoms with Gasteiger partial charge in [-0.05, 0) is 41.5 Å². The van der Waals surface area contributed by atoms with E-state index in [1.165, 1.54) is 5.69 Å². The second kappa shape index (κ2) is 10.4. The lowest BCUT2D eigenvalue weighted by molar-refractivity contribution is 0.272. The van der Waals surface area contributed by atoms with E-state index in [9.17, 15) is 4.79 Å². The first-order chi connectivity index (χ1) is 16.7. The van der Waals surface area contributed by atoms with Crippen LogP contribution in [0, 0.1) is 0 Å². The van der Waals surface area contributed by atoms with E-state index >= 15 is 0 Å². The molecule has 1 aromatic heterocycles. The van der Waals surface area contributed by atoms with E-state index in [1.54, 1.807) is 24.9 Å². The van der Waals surface area contributed by atoms with Gasteiger partial charge in [0.15, 0.2) is 0 Å². The molecule has 0 spiro atoms. The van der Waals surface area contributed by atoms with Crippen molar-refractivity contribution in [3.05, 3.63) is 89.3 Å². The molecule has 174 valence electrons. The Morgan fingerprint density at radius 1 is 0.912 bits per heavy atom. The number of nitrogens with zero attached hydrogens (tertiary/aromatic N) is 2. The highest BCUT2D eigenvalue weighted by Gasteiger charge is 2.19. The molecule has 5 nitrogen and oxygen atoms in total. The monoisotopic (exact) mass is 472 g/mol. The lowest BCUT2D eigenvalue weighted by atomic mass is 10.0. The number of thioether (sulfide) groups is 1. The first-order valence-corrected chi connectivity index (χ1v) is 12.6. The molecule has 1 fully saturated rings. The van der Waals surface area contributed by atoms with Gasteiger partial charge in [0.25, 0.3) is 0 Å². The minimum absolute atomic E-state index is 0.318. The van der Waals surface area contributed by atoms with Gasteiger partial charge in [0.2, 0.25) is 0 Å². The molecule has 0 radical (unpaired) electrons. The Balaban J connectivity index is 1.20. The molecule has 0 N–H and O–H groups in total. The Morgan fingerprint density at radius 2 is 1.68 bits per heavy atom. The topological polar surface area (TPSA) is 45.9 Å². The summed E-state index contributed by atoms with van der Waals surface area (Å²) in [5, 5.41) is 0.961. The van der Waals surface area contributed by atoms with Gasteiger partial charge in [-0.1, -0.05) is 42.5 Å². The number of methoxy groups -OCH3 is 1. The smallest absolute Gasteiger partial charge is 0.336 e. The first-order valence-electron chi connectivity index (χ1n) is 11.6. The Morgan fingerprint density at radius 3 is 2.47 bits per heavy atom. The van der Waals surface area contributed by atoms with Crippen LogP contribution in [0.2, 0.25) is 0 Å². The SMILES string of the molecule is COc1ccccc1N1CCN(CCSc2ccc3c(-c4ccccc4)cc(=O)oc3c2)CC1. The van der Waals surface area contributed by atoms with Gasteiger partial charge in [-0.2, -0.15) is 0 Å². The van der Waals surface area contributed by atoms with Crippen LogP contribution >= 0.6 is 11.8 Å². The standard InChI is InChI=1S/C28H28N2O3S/c1-32-26-10-6-5-9-25(26)30-15-13-29(14-16-30)17-18-34-22-11-12-23-24(21-7-3-2-4-8-21)20-28(31)33-27(23)19-22/h2-12,19-20H,13-18H2,1H3. The van der Waals surface area contributed by atoms with Crippen molar-refractivity contribution in [1.82, 2.24) is 4.90 Å². The average molecular weight is 473 g/mol. The lowest BCUT2D eigenvalue weighted by Gasteiger charge is -2.36. The number of fused-ring (bicyclic) bond motifs is 1. The van der Waals surface area contributed by atoms with Gasteiger partial charge in [0.05, 0.1) is 12.8 Å². The quantitative estimate of drug-likeness (QED) is 0.266. The molecular formula is C28H28N2O3S. The van der Waals surface area contributed by atoms with E-state index in [0.717, 1.165) is 65.6 Å². The summed E-state index contributed by atoms with van der Waals surface area (Å²) < 4.78 is 11.1. The maximum absolute atomic E-state index is 12.2. The summed E-state index contributed by atoms with van der Waals surface area (Å²) in [4.78, 5) is 18.2. The van der Waals surface area contributed by atoms with Crippen molar-refractivity contribution in [1.29, 1.82) is 0 Å². The molecule has 0 bridgehead atoms. The number of piperazine rings is 1. The third kappa shape index (κ3) is 4.98. The van der Waals surface area contributed by atoms with Crippen LogP contribution in [0.1, 0.15) is 0 Å². The number of hydrogen-bond acceptors (Lipinski definition) is 6. The molecule has 0 saturated carbocycles. The molecule has 1 aliphatic heterocycles. The normalized spacial score (nSPS) is 14.4. The van der Waals surface area contributed by atoms with Crippen molar-refractivity contribution in [2.45, 2.75) is 4.90 Å². The van der Waals surface area contributed by atoms with Crippen LogP contribution in [0.3, 0.4) is 0 Å². The van der Waals surface area contributed by atoms with Gasteiger partial charge in [0.1, 0.15) is 11.3 Å². The van der Waals surface area contributed by atoms with Gasteiger partial charge in [-0.3, -0.25) is 4.90 Å². The molecule has 1 aliphatic rings. The molecule has 0 atom stereocenters. The predicted octanol–water partition coefficient (Wildman–Crippen LogP) is 5.38. The molecule has 5 rings (SSSR count). The van der Waals surface area contributed by atoms with Crippen LogP contribution in [0.15, 0.2) is 93.0 Å². The highest BCUT2D eigenvalue weighted by atomic mass is 32.2. The van der Waals surface area contributed by atoms with Crippen molar-refractivity contribution < 1.29 is 9.15 Å². The van der Waals surface area contributed by atoms with Crippen molar-refractivity contribution in [3.63, 3.8) is 0 Å². The van der Waals surface area contributed by atoms with E-state index in [2.05, 4.69) is 34.1 Å². The summed E-state index contributed by atoms with van der Waals surface area (Å²) >= 11 is 1.80. The molecule has 4 aromatic rings. The summed E-state index contributed by atoms with van der Waals surface area (Å²) in [5.41, 5.74) is 3.43. The summed E-state index contributed by atoms with van der Waals surface area (Å²) in [7, 11) is 1.73. The lowest BCUT2D eigenvalue weighted by Crippen LogP contribution is -2.47. The highest BCUT2D eigenvalue weighted by Crippen LogP contribution is 2.31. The van der Waals surface area contributed by atoms with Crippen LogP contribution in [0.5, 0.6) is 5.75 Å². The molecule has 34 heavy (non-hydrogen) atoms. The fourth-order valence-electron chi connectivity index (χ4n) is 4.49. The minimum atomic E-state index is -0.318. The van der Waals surface area contributed by atoms with Crippen LogP contribution in [-0.2, 0) is 0 Å². The first kappa shape index (κ1) is 22.6. The summed E-state index contributed by atoms with van der Waals surface area (Å²) in [6.07, 6.45) is 0. The Labute approximate surface area is 203 Å². The molecular weight excluding hydrogens is 444 g/mol. The maximum atomic E-state index is 12.2. The van der Waals surface area contributed by atoms with Crippen LogP contribution in [-0.4, -0.2) is 50.5 Å². The fourth-order valence-corrected chi connectivity index (χ4v) is 5.43. The zero-order valence-corrected chi connectivity index (χ0v) is 20.1. The number of hydrogen-bond donors (Lipinski definition) is 0. The predicted molar refractivity (Wildman–Crippen MR) is 140 cm³/mol. The number of anilines is 1. The van der Waals surface area contributed by atoms with E-state index < -0.39 is 0 Å². The van der Waals surface area contributed by atoms with E-state index in [4.69, 9.17) is 9.15 Å². The molecule has 0 amide bonds. The van der Waals surface area contributed by atoms with E-state index in [1.807, 2.05) is 48.5 Å². The van der Waals surface area contributed by atoms with Crippen molar-refractivity contribution >= 4 is 28.4 Å². The summed E-state index contributed by atoms with van der Waals surface area (Å²) in [6, 6.07) is 26.0. The van der Waals surface area contributed by atoms with Gasteiger partial charge in [-0.15, -0.1) is 11.8 Å². The highest BCUT2D eigenvalue weighted by molar-refractivity contribution is 7.99. The Bertz CT molecular complexity index is 1310. The molecule has 0 aliphatic carbocycles. The minimum Gasteiger partial charge on any atom is -0.495 e. The zero-order valence-electron chi connectivity index (χ0n) is 19.3. The van der Waals surface area contributed by atoms with Crippen LogP contribution in [0.25, 0.3) is 22.1 Å².